The summed E-state index contributed by atoms with van der Waals surface area (Å²) in [5, 5.41) is 11.2. The number of hydrogen-bond donors (Lipinski definition) is 1. The molecule has 0 bridgehead atoms. The van der Waals surface area contributed by atoms with Crippen molar-refractivity contribution in [2.75, 3.05) is 12.4 Å². The van der Waals surface area contributed by atoms with Crippen molar-refractivity contribution in [3.05, 3.63) is 48.5 Å². The Morgan fingerprint density at radius 3 is 2.60 bits per heavy atom. The largest absolute Gasteiger partial charge is 0.497 e. The number of anilines is 1. The predicted octanol–water partition coefficient (Wildman–Crippen LogP) is 3.21. The molecule has 2 rings (SSSR count). The Morgan fingerprint density at radius 1 is 1.20 bits per heavy atom. The molecule has 0 saturated carbocycles. The summed E-state index contributed by atoms with van der Waals surface area (Å²) in [7, 11) is 1.62. The third kappa shape index (κ3) is 3.36. The highest BCUT2D eigenvalue weighted by Gasteiger charge is 2.04. The van der Waals surface area contributed by atoms with Crippen LogP contribution in [0.5, 0.6) is 5.75 Å². The molecule has 0 atom stereocenters. The van der Waals surface area contributed by atoms with Crippen LogP contribution in [0.3, 0.4) is 0 Å². The third-order valence-electron chi connectivity index (χ3n) is 2.79. The smallest absolute Gasteiger partial charge is 0.238 e. The molecule has 1 N–H and O–H groups in total. The molecule has 0 radical (unpaired) electrons. The maximum absolute atomic E-state index is 11.4. The van der Waals surface area contributed by atoms with Gasteiger partial charge in [0, 0.05) is 5.69 Å². The van der Waals surface area contributed by atoms with Crippen molar-refractivity contribution in [1.29, 1.82) is 5.26 Å². The maximum atomic E-state index is 11.4. The van der Waals surface area contributed by atoms with Gasteiger partial charge in [0.1, 0.15) is 12.2 Å². The molecule has 0 aliphatic heterocycles. The summed E-state index contributed by atoms with van der Waals surface area (Å²) in [6.07, 6.45) is -0.149. The highest BCUT2D eigenvalue weighted by atomic mass is 16.5. The Labute approximate surface area is 117 Å². The zero-order valence-electron chi connectivity index (χ0n) is 11.1. The summed E-state index contributed by atoms with van der Waals surface area (Å²) in [5.41, 5.74) is 2.64. The van der Waals surface area contributed by atoms with Crippen LogP contribution >= 0.6 is 0 Å². The summed E-state index contributed by atoms with van der Waals surface area (Å²) in [6.45, 7) is 0. The molecule has 20 heavy (non-hydrogen) atoms. The van der Waals surface area contributed by atoms with Gasteiger partial charge in [-0.25, -0.2) is 0 Å². The van der Waals surface area contributed by atoms with Crippen molar-refractivity contribution in [2.45, 2.75) is 6.42 Å². The molecule has 4 nitrogen and oxygen atoms in total. The number of carbonyl (C=O) groups excluding carboxylic acids is 1. The van der Waals surface area contributed by atoms with Gasteiger partial charge in [-0.2, -0.15) is 5.26 Å². The lowest BCUT2D eigenvalue weighted by atomic mass is 10.0. The number of amides is 1. The van der Waals surface area contributed by atoms with Crippen molar-refractivity contribution >= 4 is 11.6 Å². The molecule has 0 aromatic heterocycles. The SMILES string of the molecule is COc1cccc(-c2cccc(NC(=O)CC#N)c2)c1. The first-order valence-electron chi connectivity index (χ1n) is 6.14. The average Bonchev–Trinajstić information content (AvgIpc) is 2.48. The number of nitrogens with zero attached hydrogens (tertiary/aromatic N) is 1. The van der Waals surface area contributed by atoms with Crippen molar-refractivity contribution in [1.82, 2.24) is 0 Å². The van der Waals surface area contributed by atoms with Crippen LogP contribution in [0.25, 0.3) is 11.1 Å². The lowest BCUT2D eigenvalue weighted by Crippen LogP contribution is -2.09. The quantitative estimate of drug-likeness (QED) is 0.924. The van der Waals surface area contributed by atoms with E-state index in [-0.39, 0.29) is 12.3 Å². The molecule has 4 heteroatoms. The number of nitrogens with one attached hydrogen (secondary N) is 1. The van der Waals surface area contributed by atoms with Crippen molar-refractivity contribution in [2.24, 2.45) is 0 Å². The van der Waals surface area contributed by atoms with Gasteiger partial charge in [0.05, 0.1) is 13.2 Å². The third-order valence-corrected chi connectivity index (χ3v) is 2.79. The minimum atomic E-state index is -0.310. The van der Waals surface area contributed by atoms with E-state index in [1.807, 2.05) is 48.5 Å². The number of rotatable bonds is 4. The van der Waals surface area contributed by atoms with Crippen LogP contribution in [0.2, 0.25) is 0 Å². The van der Waals surface area contributed by atoms with E-state index >= 15 is 0 Å². The van der Waals surface area contributed by atoms with Gasteiger partial charge in [0.15, 0.2) is 0 Å². The molecule has 0 aliphatic carbocycles. The molecule has 2 aromatic carbocycles. The fourth-order valence-electron chi connectivity index (χ4n) is 1.86. The fraction of sp³-hybridized carbons (Fsp3) is 0.125. The Kier molecular flexibility index (Phi) is 4.35. The second kappa shape index (κ2) is 6.39. The van der Waals surface area contributed by atoms with E-state index in [1.165, 1.54) is 0 Å². The van der Waals surface area contributed by atoms with Gasteiger partial charge in [-0.1, -0.05) is 24.3 Å². The summed E-state index contributed by atoms with van der Waals surface area (Å²) < 4.78 is 5.20. The number of nitriles is 1. The maximum Gasteiger partial charge on any atom is 0.238 e. The Bertz CT molecular complexity index is 660. The van der Waals surface area contributed by atoms with E-state index in [0.717, 1.165) is 16.9 Å². The molecule has 0 fully saturated rings. The first kappa shape index (κ1) is 13.6. The van der Waals surface area contributed by atoms with Gasteiger partial charge in [-0.05, 0) is 35.4 Å². The number of ether oxygens (including phenoxy) is 1. The zero-order valence-corrected chi connectivity index (χ0v) is 11.1. The second-order valence-electron chi connectivity index (χ2n) is 4.20. The standard InChI is InChI=1S/C16H14N2O2/c1-20-15-7-3-5-13(11-15)12-4-2-6-14(10-12)18-16(19)8-9-17/h2-7,10-11H,8H2,1H3,(H,18,19). The van der Waals surface area contributed by atoms with Crippen LogP contribution < -0.4 is 10.1 Å². The van der Waals surface area contributed by atoms with Gasteiger partial charge >= 0.3 is 0 Å². The summed E-state index contributed by atoms with van der Waals surface area (Å²) in [6, 6.07) is 17.0. The van der Waals surface area contributed by atoms with E-state index < -0.39 is 0 Å². The van der Waals surface area contributed by atoms with E-state index in [1.54, 1.807) is 13.2 Å². The number of hydrogen-bond acceptors (Lipinski definition) is 3. The Balaban J connectivity index is 2.25. The Morgan fingerprint density at radius 2 is 1.90 bits per heavy atom. The van der Waals surface area contributed by atoms with E-state index in [4.69, 9.17) is 10.00 Å². The van der Waals surface area contributed by atoms with E-state index in [0.29, 0.717) is 5.69 Å². The molecule has 0 saturated heterocycles. The van der Waals surface area contributed by atoms with Crippen LogP contribution in [0, 0.1) is 11.3 Å². The highest BCUT2D eigenvalue weighted by molar-refractivity contribution is 5.92. The van der Waals surface area contributed by atoms with E-state index in [9.17, 15) is 4.79 Å². The van der Waals surface area contributed by atoms with Crippen LogP contribution in [-0.2, 0) is 4.79 Å². The monoisotopic (exact) mass is 266 g/mol. The highest BCUT2D eigenvalue weighted by Crippen LogP contribution is 2.25. The van der Waals surface area contributed by atoms with Gasteiger partial charge in [0.2, 0.25) is 5.91 Å². The van der Waals surface area contributed by atoms with Gasteiger partial charge in [-0.15, -0.1) is 0 Å². The van der Waals surface area contributed by atoms with Crippen LogP contribution in [0.4, 0.5) is 5.69 Å². The van der Waals surface area contributed by atoms with Crippen molar-refractivity contribution < 1.29 is 9.53 Å². The summed E-state index contributed by atoms with van der Waals surface area (Å²) >= 11 is 0. The van der Waals surface area contributed by atoms with E-state index in [2.05, 4.69) is 5.32 Å². The summed E-state index contributed by atoms with van der Waals surface area (Å²) in [5.74, 6) is 0.469. The van der Waals surface area contributed by atoms with Crippen LogP contribution in [0.15, 0.2) is 48.5 Å². The van der Waals surface area contributed by atoms with Crippen molar-refractivity contribution in [3.63, 3.8) is 0 Å². The molecular weight excluding hydrogens is 252 g/mol. The van der Waals surface area contributed by atoms with Crippen molar-refractivity contribution in [3.8, 4) is 22.9 Å². The minimum absolute atomic E-state index is 0.149. The predicted molar refractivity (Wildman–Crippen MR) is 77.3 cm³/mol. The molecule has 1 amide bonds. The van der Waals surface area contributed by atoms with Gasteiger partial charge in [-0.3, -0.25) is 4.79 Å². The zero-order chi connectivity index (χ0) is 14.4. The molecule has 0 unspecified atom stereocenters. The van der Waals surface area contributed by atoms with Gasteiger partial charge < -0.3 is 10.1 Å². The van der Waals surface area contributed by atoms with Crippen LogP contribution in [-0.4, -0.2) is 13.0 Å². The molecule has 100 valence electrons. The lowest BCUT2D eigenvalue weighted by molar-refractivity contribution is -0.115. The lowest BCUT2D eigenvalue weighted by Gasteiger charge is -2.08. The number of methoxy groups -OCH3 is 1. The molecule has 0 heterocycles. The topological polar surface area (TPSA) is 62.1 Å². The van der Waals surface area contributed by atoms with Gasteiger partial charge in [0.25, 0.3) is 0 Å². The molecule has 0 spiro atoms. The second-order valence-corrected chi connectivity index (χ2v) is 4.20. The number of carbonyl (C=O) groups is 1. The average molecular weight is 266 g/mol. The summed E-state index contributed by atoms with van der Waals surface area (Å²) in [4.78, 5) is 11.4. The van der Waals surface area contributed by atoms with Crippen LogP contribution in [0.1, 0.15) is 6.42 Å². The normalized spacial score (nSPS) is 9.60. The molecular formula is C16H14N2O2. The minimum Gasteiger partial charge on any atom is -0.497 e. The molecule has 2 aromatic rings. The molecule has 0 aliphatic rings. The first-order valence-corrected chi connectivity index (χ1v) is 6.14. The first-order chi connectivity index (χ1) is 9.72. The fourth-order valence-corrected chi connectivity index (χ4v) is 1.86. The number of benzene rings is 2. The Hall–Kier alpha value is -2.80.